The number of fused-ring (bicyclic) bond motifs is 1. The summed E-state index contributed by atoms with van der Waals surface area (Å²) in [7, 11) is -1.96. The van der Waals surface area contributed by atoms with Gasteiger partial charge in [-0.3, -0.25) is 0 Å². The number of benzene rings is 2. The van der Waals surface area contributed by atoms with Gasteiger partial charge in [0.2, 0.25) is 10.0 Å². The molecule has 2 aromatic rings. The van der Waals surface area contributed by atoms with E-state index in [1.54, 1.807) is 23.5 Å². The van der Waals surface area contributed by atoms with Gasteiger partial charge in [-0.15, -0.1) is 0 Å². The van der Waals surface area contributed by atoms with Gasteiger partial charge in [0.15, 0.2) is 0 Å². The van der Waals surface area contributed by atoms with E-state index in [1.807, 2.05) is 31.2 Å². The zero-order valence-electron chi connectivity index (χ0n) is 14.9. The van der Waals surface area contributed by atoms with Crippen LogP contribution in [0, 0.1) is 0 Å². The van der Waals surface area contributed by atoms with Crippen LogP contribution in [0.5, 0.6) is 5.75 Å². The molecule has 136 valence electrons. The average Bonchev–Trinajstić information content (AvgIpc) is 2.65. The molecule has 1 N–H and O–H groups in total. The summed E-state index contributed by atoms with van der Waals surface area (Å²) in [6.07, 6.45) is 2.51. The van der Waals surface area contributed by atoms with Crippen LogP contribution in [0.1, 0.15) is 26.2 Å². The van der Waals surface area contributed by atoms with Crippen LogP contribution >= 0.6 is 0 Å². The summed E-state index contributed by atoms with van der Waals surface area (Å²) in [5.74, 6) is 0.693. The molecule has 0 unspecified atom stereocenters. The van der Waals surface area contributed by atoms with Crippen LogP contribution in [-0.2, 0) is 10.0 Å². The Morgan fingerprint density at radius 1 is 1.12 bits per heavy atom. The summed E-state index contributed by atoms with van der Waals surface area (Å²) >= 11 is 0. The van der Waals surface area contributed by atoms with Gasteiger partial charge >= 0.3 is 0 Å². The third kappa shape index (κ3) is 3.52. The van der Waals surface area contributed by atoms with Gasteiger partial charge in [-0.2, -0.15) is 4.31 Å². The van der Waals surface area contributed by atoms with Crippen LogP contribution in [0.3, 0.4) is 0 Å². The molecule has 1 fully saturated rings. The normalized spacial score (nSPS) is 16.4. The van der Waals surface area contributed by atoms with Crippen molar-refractivity contribution in [3.8, 4) is 5.75 Å². The fourth-order valence-electron chi connectivity index (χ4n) is 3.59. The van der Waals surface area contributed by atoms with Crippen molar-refractivity contribution in [3.05, 3.63) is 36.4 Å². The molecule has 5 nitrogen and oxygen atoms in total. The van der Waals surface area contributed by atoms with Crippen molar-refractivity contribution in [1.82, 2.24) is 9.62 Å². The van der Waals surface area contributed by atoms with Crippen LogP contribution in [0.15, 0.2) is 41.3 Å². The topological polar surface area (TPSA) is 58.6 Å². The molecule has 3 rings (SSSR count). The summed E-state index contributed by atoms with van der Waals surface area (Å²) in [5.41, 5.74) is 0. The Hall–Kier alpha value is -1.63. The minimum absolute atomic E-state index is 0.0621. The molecule has 0 radical (unpaired) electrons. The summed E-state index contributed by atoms with van der Waals surface area (Å²) in [5, 5.41) is 4.86. The van der Waals surface area contributed by atoms with Crippen molar-refractivity contribution in [2.75, 3.05) is 26.7 Å². The lowest BCUT2D eigenvalue weighted by molar-refractivity contribution is 0.262. The number of nitrogens with zero attached hydrogens (tertiary/aromatic N) is 1. The molecule has 1 aliphatic heterocycles. The van der Waals surface area contributed by atoms with Gasteiger partial charge in [0.05, 0.1) is 12.0 Å². The highest BCUT2D eigenvalue weighted by Crippen LogP contribution is 2.33. The maximum absolute atomic E-state index is 13.5. The molecule has 0 aliphatic carbocycles. The summed E-state index contributed by atoms with van der Waals surface area (Å²) < 4.78 is 34.1. The van der Waals surface area contributed by atoms with E-state index in [1.165, 1.54) is 0 Å². The quantitative estimate of drug-likeness (QED) is 0.858. The molecule has 0 aromatic heterocycles. The van der Waals surface area contributed by atoms with Gasteiger partial charge in [-0.05, 0) is 44.5 Å². The van der Waals surface area contributed by atoms with E-state index >= 15 is 0 Å². The van der Waals surface area contributed by atoms with Crippen molar-refractivity contribution < 1.29 is 13.2 Å². The zero-order chi connectivity index (χ0) is 17.9. The third-order valence-electron chi connectivity index (χ3n) is 4.81. The maximum atomic E-state index is 13.5. The molecule has 0 bridgehead atoms. The molecule has 25 heavy (non-hydrogen) atoms. The number of ether oxygens (including phenoxy) is 1. The SMILES string of the molecule is CCCN(C1CCNCC1)S(=O)(=O)c1ccc(OC)c2ccccc12. The fraction of sp³-hybridized carbons (Fsp3) is 0.474. The van der Waals surface area contributed by atoms with Gasteiger partial charge in [-0.1, -0.05) is 31.2 Å². The molecule has 0 saturated carbocycles. The Kier molecular flexibility index (Phi) is 5.61. The number of hydrogen-bond donors (Lipinski definition) is 1. The summed E-state index contributed by atoms with van der Waals surface area (Å²) in [4.78, 5) is 0.371. The molecule has 1 aliphatic rings. The van der Waals surface area contributed by atoms with E-state index in [0.29, 0.717) is 17.2 Å². The van der Waals surface area contributed by atoms with Crippen LogP contribution in [0.4, 0.5) is 0 Å². The lowest BCUT2D eigenvalue weighted by Gasteiger charge is -2.34. The van der Waals surface area contributed by atoms with Gasteiger partial charge < -0.3 is 10.1 Å². The second-order valence-corrected chi connectivity index (χ2v) is 8.27. The third-order valence-corrected chi connectivity index (χ3v) is 6.82. The molecule has 0 amide bonds. The molecule has 2 aromatic carbocycles. The monoisotopic (exact) mass is 362 g/mol. The molecule has 0 spiro atoms. The van der Waals surface area contributed by atoms with E-state index < -0.39 is 10.0 Å². The van der Waals surface area contributed by atoms with Crippen molar-refractivity contribution in [2.24, 2.45) is 0 Å². The van der Waals surface area contributed by atoms with Crippen molar-refractivity contribution in [1.29, 1.82) is 0 Å². The van der Waals surface area contributed by atoms with Crippen LogP contribution in [0.2, 0.25) is 0 Å². The lowest BCUT2D eigenvalue weighted by atomic mass is 10.1. The largest absolute Gasteiger partial charge is 0.496 e. The Morgan fingerprint density at radius 2 is 1.80 bits per heavy atom. The standard InChI is InChI=1S/C19H26N2O3S/c1-3-14-21(15-10-12-20-13-11-15)25(22,23)19-9-8-18(24-2)16-6-4-5-7-17(16)19/h4-9,15,20H,3,10-14H2,1-2H3. The highest BCUT2D eigenvalue weighted by Gasteiger charge is 2.32. The predicted octanol–water partition coefficient (Wildman–Crippen LogP) is 3.00. The first-order valence-electron chi connectivity index (χ1n) is 8.88. The first kappa shape index (κ1) is 18.2. The molecular formula is C19H26N2O3S. The van der Waals surface area contributed by atoms with E-state index in [-0.39, 0.29) is 6.04 Å². The van der Waals surface area contributed by atoms with Gasteiger partial charge in [-0.25, -0.2) is 8.42 Å². The maximum Gasteiger partial charge on any atom is 0.243 e. The minimum Gasteiger partial charge on any atom is -0.496 e. The highest BCUT2D eigenvalue weighted by atomic mass is 32.2. The van der Waals surface area contributed by atoms with E-state index in [0.717, 1.165) is 43.1 Å². The Balaban J connectivity index is 2.10. The van der Waals surface area contributed by atoms with E-state index in [2.05, 4.69) is 5.32 Å². The van der Waals surface area contributed by atoms with Crippen LogP contribution in [0.25, 0.3) is 10.8 Å². The van der Waals surface area contributed by atoms with Crippen LogP contribution < -0.4 is 10.1 Å². The van der Waals surface area contributed by atoms with E-state index in [9.17, 15) is 8.42 Å². The van der Waals surface area contributed by atoms with E-state index in [4.69, 9.17) is 4.74 Å². The fourth-order valence-corrected chi connectivity index (χ4v) is 5.56. The first-order chi connectivity index (χ1) is 12.1. The number of nitrogens with one attached hydrogen (secondary N) is 1. The van der Waals surface area contributed by atoms with Gasteiger partial charge in [0.1, 0.15) is 5.75 Å². The van der Waals surface area contributed by atoms with Crippen molar-refractivity contribution in [2.45, 2.75) is 37.1 Å². The lowest BCUT2D eigenvalue weighted by Crippen LogP contribution is -2.46. The number of methoxy groups -OCH3 is 1. The number of hydrogen-bond acceptors (Lipinski definition) is 4. The smallest absolute Gasteiger partial charge is 0.243 e. The minimum atomic E-state index is -3.56. The van der Waals surface area contributed by atoms with Crippen LogP contribution in [-0.4, -0.2) is 45.5 Å². The molecule has 1 saturated heterocycles. The predicted molar refractivity (Wildman–Crippen MR) is 101 cm³/mol. The second kappa shape index (κ2) is 7.72. The summed E-state index contributed by atoms with van der Waals surface area (Å²) in [6, 6.07) is 11.0. The molecule has 1 heterocycles. The first-order valence-corrected chi connectivity index (χ1v) is 10.3. The number of rotatable bonds is 6. The number of sulfonamides is 1. The molecule has 0 atom stereocenters. The Bertz CT molecular complexity index is 830. The van der Waals surface area contributed by atoms with Crippen molar-refractivity contribution >= 4 is 20.8 Å². The Morgan fingerprint density at radius 3 is 2.44 bits per heavy atom. The molecule has 6 heteroatoms. The van der Waals surface area contributed by atoms with Crippen molar-refractivity contribution in [3.63, 3.8) is 0 Å². The van der Waals surface area contributed by atoms with Gasteiger partial charge in [0, 0.05) is 23.4 Å². The zero-order valence-corrected chi connectivity index (χ0v) is 15.7. The average molecular weight is 362 g/mol. The highest BCUT2D eigenvalue weighted by molar-refractivity contribution is 7.89. The Labute approximate surface area is 150 Å². The second-order valence-electron chi connectivity index (χ2n) is 6.41. The summed E-state index contributed by atoms with van der Waals surface area (Å²) in [6.45, 7) is 4.30. The van der Waals surface area contributed by atoms with Gasteiger partial charge in [0.25, 0.3) is 0 Å². The number of piperidine rings is 1. The molecular weight excluding hydrogens is 336 g/mol.